The fourth-order valence-corrected chi connectivity index (χ4v) is 3.04. The largest absolute Gasteiger partial charge is 0.484 e. The monoisotopic (exact) mass is 269 g/mol. The third-order valence-corrected chi connectivity index (χ3v) is 4.10. The Morgan fingerprint density at radius 2 is 2.11 bits per heavy atom. The van der Waals surface area contributed by atoms with Crippen molar-refractivity contribution in [2.24, 2.45) is 5.92 Å². The molecule has 1 saturated carbocycles. The maximum absolute atomic E-state index is 5.83. The normalized spacial score (nSPS) is 17.1. The molecule has 1 aliphatic rings. The second kappa shape index (κ2) is 6.27. The number of nitrogens with two attached hydrogens (primary N) is 1. The van der Waals surface area contributed by atoms with Crippen LogP contribution in [0.15, 0.2) is 0 Å². The van der Waals surface area contributed by atoms with Gasteiger partial charge in [0.2, 0.25) is 0 Å². The highest BCUT2D eigenvalue weighted by atomic mass is 32.1. The van der Waals surface area contributed by atoms with Crippen LogP contribution >= 0.6 is 11.5 Å². The number of hydrogen-bond donors (Lipinski definition) is 2. The van der Waals surface area contributed by atoms with Crippen LogP contribution in [0.4, 0.5) is 10.8 Å². The van der Waals surface area contributed by atoms with Crippen molar-refractivity contribution in [1.82, 2.24) is 4.37 Å². The summed E-state index contributed by atoms with van der Waals surface area (Å²) in [6.45, 7) is 5.01. The molecule has 2 rings (SSSR count). The van der Waals surface area contributed by atoms with Crippen molar-refractivity contribution in [1.29, 1.82) is 0 Å². The maximum Gasteiger partial charge on any atom is 0.197 e. The molecule has 3 N–H and O–H groups in total. The van der Waals surface area contributed by atoms with Gasteiger partial charge < -0.3 is 15.8 Å². The van der Waals surface area contributed by atoms with Crippen molar-refractivity contribution in [3.05, 3.63) is 0 Å². The van der Waals surface area contributed by atoms with E-state index in [9.17, 15) is 0 Å². The Labute approximate surface area is 113 Å². The van der Waals surface area contributed by atoms with Gasteiger partial charge in [-0.25, -0.2) is 0 Å². The molecule has 102 valence electrons. The average molecular weight is 269 g/mol. The summed E-state index contributed by atoms with van der Waals surface area (Å²) in [5.74, 6) is 2.01. The van der Waals surface area contributed by atoms with Crippen LogP contribution in [-0.2, 0) is 0 Å². The van der Waals surface area contributed by atoms with Crippen molar-refractivity contribution >= 4 is 22.4 Å². The Hall–Kier alpha value is -0.970. The highest BCUT2D eigenvalue weighted by molar-refractivity contribution is 7.11. The van der Waals surface area contributed by atoms with Gasteiger partial charge in [0.25, 0.3) is 0 Å². The molecule has 1 fully saturated rings. The van der Waals surface area contributed by atoms with Crippen LogP contribution in [0.3, 0.4) is 0 Å². The molecule has 4 nitrogen and oxygen atoms in total. The molecule has 1 aliphatic carbocycles. The number of hydrogen-bond acceptors (Lipinski definition) is 5. The van der Waals surface area contributed by atoms with Crippen LogP contribution in [0.25, 0.3) is 0 Å². The number of nitrogens with one attached hydrogen (secondary N) is 1. The molecule has 0 amide bonds. The van der Waals surface area contributed by atoms with Crippen LogP contribution in [0.5, 0.6) is 5.75 Å². The summed E-state index contributed by atoms with van der Waals surface area (Å²) in [7, 11) is 0. The summed E-state index contributed by atoms with van der Waals surface area (Å²) in [5.41, 5.74) is 5.83. The van der Waals surface area contributed by atoms with E-state index in [2.05, 4.69) is 9.69 Å². The first-order valence-corrected chi connectivity index (χ1v) is 7.60. The molecule has 18 heavy (non-hydrogen) atoms. The topological polar surface area (TPSA) is 60.2 Å². The number of ether oxygens (including phenoxy) is 1. The van der Waals surface area contributed by atoms with Gasteiger partial charge >= 0.3 is 0 Å². The van der Waals surface area contributed by atoms with E-state index in [1.807, 2.05) is 13.8 Å². The van der Waals surface area contributed by atoms with Gasteiger partial charge in [-0.1, -0.05) is 19.3 Å². The molecule has 1 aromatic heterocycles. The zero-order valence-corrected chi connectivity index (χ0v) is 12.1. The first-order valence-electron chi connectivity index (χ1n) is 6.82. The Balaban J connectivity index is 1.91. The third-order valence-electron chi connectivity index (χ3n) is 3.30. The molecule has 0 unspecified atom stereocenters. The van der Waals surface area contributed by atoms with Crippen LogP contribution in [0, 0.1) is 5.92 Å². The van der Waals surface area contributed by atoms with E-state index in [4.69, 9.17) is 10.5 Å². The summed E-state index contributed by atoms with van der Waals surface area (Å²) in [6, 6.07) is 0. The summed E-state index contributed by atoms with van der Waals surface area (Å²) in [4.78, 5) is 0. The molecule has 5 heteroatoms. The minimum absolute atomic E-state index is 0.124. The van der Waals surface area contributed by atoms with Crippen LogP contribution in [0.2, 0.25) is 0 Å². The molecule has 0 radical (unpaired) electrons. The number of anilines is 2. The molecule has 0 atom stereocenters. The van der Waals surface area contributed by atoms with Crippen LogP contribution < -0.4 is 15.8 Å². The zero-order chi connectivity index (χ0) is 13.0. The molecule has 0 saturated heterocycles. The van der Waals surface area contributed by atoms with E-state index in [0.29, 0.717) is 5.82 Å². The smallest absolute Gasteiger partial charge is 0.197 e. The average Bonchev–Trinajstić information content (AvgIpc) is 2.69. The van der Waals surface area contributed by atoms with E-state index >= 15 is 0 Å². The van der Waals surface area contributed by atoms with Gasteiger partial charge in [0.15, 0.2) is 16.6 Å². The fourth-order valence-electron chi connectivity index (χ4n) is 2.38. The lowest BCUT2D eigenvalue weighted by molar-refractivity contribution is 0.245. The lowest BCUT2D eigenvalue weighted by Crippen LogP contribution is -2.17. The third kappa shape index (κ3) is 3.51. The van der Waals surface area contributed by atoms with Crippen molar-refractivity contribution in [2.75, 3.05) is 17.6 Å². The van der Waals surface area contributed by atoms with Gasteiger partial charge in [-0.2, -0.15) is 4.37 Å². The van der Waals surface area contributed by atoms with Crippen molar-refractivity contribution in [2.45, 2.75) is 52.1 Å². The van der Waals surface area contributed by atoms with Gasteiger partial charge in [0.1, 0.15) is 0 Å². The SMILES string of the molecule is CC(C)Oc1c(N)nsc1NCC1CCCCC1. The lowest BCUT2D eigenvalue weighted by Gasteiger charge is -2.22. The first kappa shape index (κ1) is 13.5. The van der Waals surface area contributed by atoms with E-state index in [-0.39, 0.29) is 6.10 Å². The highest BCUT2D eigenvalue weighted by Crippen LogP contribution is 2.36. The second-order valence-corrected chi connectivity index (χ2v) is 6.05. The first-order chi connectivity index (χ1) is 8.66. The van der Waals surface area contributed by atoms with E-state index in [0.717, 1.165) is 23.2 Å². The number of nitrogen functional groups attached to an aromatic ring is 1. The van der Waals surface area contributed by atoms with Gasteiger partial charge in [0, 0.05) is 6.54 Å². The summed E-state index contributed by atoms with van der Waals surface area (Å²) < 4.78 is 9.88. The standard InChI is InChI=1S/C13H23N3OS/c1-9(2)17-11-12(14)16-18-13(11)15-8-10-6-4-3-5-7-10/h9-10,15H,3-8H2,1-2H3,(H2,14,16). The predicted octanol–water partition coefficient (Wildman–Crippen LogP) is 3.50. The van der Waals surface area contributed by atoms with Gasteiger partial charge in [-0.05, 0) is 44.1 Å². The van der Waals surface area contributed by atoms with Crippen LogP contribution in [-0.4, -0.2) is 17.0 Å². The zero-order valence-electron chi connectivity index (χ0n) is 11.2. The Kier molecular flexibility index (Phi) is 4.69. The molecular weight excluding hydrogens is 246 g/mol. The Bertz CT molecular complexity index is 372. The maximum atomic E-state index is 5.83. The highest BCUT2D eigenvalue weighted by Gasteiger charge is 2.17. The lowest BCUT2D eigenvalue weighted by atomic mass is 9.89. The Morgan fingerprint density at radius 3 is 2.78 bits per heavy atom. The van der Waals surface area contributed by atoms with E-state index in [1.54, 1.807) is 0 Å². The molecule has 0 aliphatic heterocycles. The molecule has 0 bridgehead atoms. The van der Waals surface area contributed by atoms with Crippen molar-refractivity contribution < 1.29 is 4.74 Å². The van der Waals surface area contributed by atoms with E-state index < -0.39 is 0 Å². The predicted molar refractivity (Wildman–Crippen MR) is 77.4 cm³/mol. The van der Waals surface area contributed by atoms with Gasteiger partial charge in [-0.3, -0.25) is 0 Å². The number of rotatable bonds is 5. The minimum atomic E-state index is 0.124. The molecule has 1 aromatic rings. The number of aromatic nitrogens is 1. The van der Waals surface area contributed by atoms with Gasteiger partial charge in [0.05, 0.1) is 6.10 Å². The summed E-state index contributed by atoms with van der Waals surface area (Å²) >= 11 is 1.40. The van der Waals surface area contributed by atoms with Crippen LogP contribution in [0.1, 0.15) is 46.0 Å². The second-order valence-electron chi connectivity index (χ2n) is 5.28. The van der Waals surface area contributed by atoms with E-state index in [1.165, 1.54) is 43.6 Å². The Morgan fingerprint density at radius 1 is 1.39 bits per heavy atom. The van der Waals surface area contributed by atoms with Crippen molar-refractivity contribution in [3.8, 4) is 5.75 Å². The summed E-state index contributed by atoms with van der Waals surface area (Å²) in [6.07, 6.45) is 6.92. The molecule has 1 heterocycles. The summed E-state index contributed by atoms with van der Waals surface area (Å²) in [5, 5.41) is 4.44. The number of nitrogens with zero attached hydrogens (tertiary/aromatic N) is 1. The van der Waals surface area contributed by atoms with Crippen molar-refractivity contribution in [3.63, 3.8) is 0 Å². The molecular formula is C13H23N3OS. The quantitative estimate of drug-likeness (QED) is 0.859. The minimum Gasteiger partial charge on any atom is -0.484 e. The molecule has 0 aromatic carbocycles. The molecule has 0 spiro atoms. The van der Waals surface area contributed by atoms with Gasteiger partial charge in [-0.15, -0.1) is 0 Å². The fraction of sp³-hybridized carbons (Fsp3) is 0.769.